The molecule has 0 atom stereocenters. The molecule has 28 heavy (non-hydrogen) atoms. The van der Waals surface area contributed by atoms with Crippen LogP contribution in [0.15, 0.2) is 84.9 Å². The molecule has 0 spiro atoms. The number of nitrogens with zero attached hydrogens (tertiary/aromatic N) is 2. The van der Waals surface area contributed by atoms with E-state index in [-0.39, 0.29) is 0 Å². The highest BCUT2D eigenvalue weighted by Crippen LogP contribution is 2.31. The highest BCUT2D eigenvalue weighted by Gasteiger charge is 2.16. The van der Waals surface area contributed by atoms with Gasteiger partial charge in [-0.15, -0.1) is 0 Å². The van der Waals surface area contributed by atoms with Crippen LogP contribution < -0.4 is 5.53 Å². The van der Waals surface area contributed by atoms with Crippen molar-refractivity contribution in [3.05, 3.63) is 96.2 Å². The summed E-state index contributed by atoms with van der Waals surface area (Å²) < 4.78 is 4.40. The van der Waals surface area contributed by atoms with E-state index >= 15 is 0 Å². The van der Waals surface area contributed by atoms with Crippen LogP contribution in [0.4, 0.5) is 0 Å². The van der Waals surface area contributed by atoms with E-state index in [0.717, 1.165) is 6.42 Å². The molecule has 6 rings (SSSR count). The number of allylic oxidation sites excluding steroid dienone is 2. The average molecular weight is 361 g/mol. The molecular formula is C25H19N3. The molecule has 0 unspecified atom stereocenters. The third kappa shape index (κ3) is 2.10. The number of hydrogen-bond donors (Lipinski definition) is 1. The lowest BCUT2D eigenvalue weighted by atomic mass is 10.1. The van der Waals surface area contributed by atoms with Crippen LogP contribution in [0.2, 0.25) is 0 Å². The predicted octanol–water partition coefficient (Wildman–Crippen LogP) is 6.19. The molecule has 3 aromatic carbocycles. The molecule has 3 heteroatoms. The third-order valence-corrected chi connectivity index (χ3v) is 5.56. The summed E-state index contributed by atoms with van der Waals surface area (Å²) in [5.74, 6) is 0. The Labute approximate surface area is 162 Å². The van der Waals surface area contributed by atoms with E-state index in [4.69, 9.17) is 0 Å². The molecule has 0 amide bonds. The van der Waals surface area contributed by atoms with Gasteiger partial charge in [0.2, 0.25) is 0 Å². The zero-order chi connectivity index (χ0) is 18.5. The molecular weight excluding hydrogens is 342 g/mol. The van der Waals surface area contributed by atoms with Crippen molar-refractivity contribution in [1.29, 1.82) is 0 Å². The van der Waals surface area contributed by atoms with Crippen LogP contribution in [0.25, 0.3) is 44.9 Å². The molecule has 0 bridgehead atoms. The third-order valence-electron chi connectivity index (χ3n) is 5.56. The second kappa shape index (κ2) is 5.89. The molecule has 5 aromatic rings. The van der Waals surface area contributed by atoms with E-state index < -0.39 is 0 Å². The minimum absolute atomic E-state index is 0.957. The lowest BCUT2D eigenvalue weighted by molar-refractivity contribution is 0.809. The lowest BCUT2D eigenvalue weighted by Gasteiger charge is -2.15. The smallest absolute Gasteiger partial charge is 0.0725 e. The van der Waals surface area contributed by atoms with Crippen molar-refractivity contribution in [2.24, 2.45) is 0 Å². The summed E-state index contributed by atoms with van der Waals surface area (Å²) in [6, 6.07) is 25.7. The minimum atomic E-state index is 0.957. The van der Waals surface area contributed by atoms with Crippen molar-refractivity contribution in [1.82, 2.24) is 9.35 Å². The van der Waals surface area contributed by atoms with Crippen molar-refractivity contribution >= 4 is 44.9 Å². The topological polar surface area (TPSA) is 21.9 Å². The number of nitrogens with one attached hydrogen (secondary N) is 1. The molecule has 0 fully saturated rings. The highest BCUT2D eigenvalue weighted by atomic mass is 15.7. The van der Waals surface area contributed by atoms with Crippen molar-refractivity contribution in [3.8, 4) is 0 Å². The van der Waals surface area contributed by atoms with Crippen LogP contribution in [0, 0.1) is 0 Å². The summed E-state index contributed by atoms with van der Waals surface area (Å²) in [5.41, 5.74) is 9.65. The van der Waals surface area contributed by atoms with Gasteiger partial charge in [-0.1, -0.05) is 72.8 Å². The van der Waals surface area contributed by atoms with Gasteiger partial charge in [0.1, 0.15) is 0 Å². The maximum atomic E-state index is 3.70. The Morgan fingerprint density at radius 1 is 0.571 bits per heavy atom. The molecule has 0 saturated carbocycles. The summed E-state index contributed by atoms with van der Waals surface area (Å²) in [6.07, 6.45) is 9.85. The van der Waals surface area contributed by atoms with E-state index in [9.17, 15) is 0 Å². The van der Waals surface area contributed by atoms with Gasteiger partial charge in [0.15, 0.2) is 0 Å². The quantitative estimate of drug-likeness (QED) is 0.398. The summed E-state index contributed by atoms with van der Waals surface area (Å²) in [4.78, 5) is 0. The van der Waals surface area contributed by atoms with Crippen LogP contribution in [0.5, 0.6) is 0 Å². The molecule has 0 radical (unpaired) electrons. The number of para-hydroxylation sites is 3. The summed E-state index contributed by atoms with van der Waals surface area (Å²) >= 11 is 0. The van der Waals surface area contributed by atoms with Crippen molar-refractivity contribution < 1.29 is 0 Å². The first-order valence-corrected chi connectivity index (χ1v) is 9.63. The fourth-order valence-electron chi connectivity index (χ4n) is 4.31. The van der Waals surface area contributed by atoms with E-state index in [2.05, 4.69) is 112 Å². The molecule has 3 nitrogen and oxygen atoms in total. The number of benzene rings is 3. The normalized spacial score (nSPS) is 13.3. The second-order valence-corrected chi connectivity index (χ2v) is 7.16. The summed E-state index contributed by atoms with van der Waals surface area (Å²) in [7, 11) is 0. The Morgan fingerprint density at radius 3 is 1.79 bits per heavy atom. The van der Waals surface area contributed by atoms with Crippen LogP contribution >= 0.6 is 0 Å². The van der Waals surface area contributed by atoms with E-state index in [1.165, 1.54) is 44.0 Å². The van der Waals surface area contributed by atoms with Gasteiger partial charge in [0.05, 0.1) is 22.2 Å². The van der Waals surface area contributed by atoms with Crippen LogP contribution in [0.1, 0.15) is 17.7 Å². The van der Waals surface area contributed by atoms with E-state index in [1.807, 2.05) is 0 Å². The zero-order valence-corrected chi connectivity index (χ0v) is 15.3. The number of aromatic nitrogens is 2. The summed E-state index contributed by atoms with van der Waals surface area (Å²) in [6.45, 7) is 0. The first kappa shape index (κ1) is 15.3. The van der Waals surface area contributed by atoms with Gasteiger partial charge >= 0.3 is 0 Å². The Balaban J connectivity index is 1.67. The van der Waals surface area contributed by atoms with Crippen LogP contribution in [-0.4, -0.2) is 9.35 Å². The maximum Gasteiger partial charge on any atom is 0.0725 e. The van der Waals surface area contributed by atoms with Gasteiger partial charge in [0, 0.05) is 21.7 Å². The number of rotatable bonds is 2. The first-order chi connectivity index (χ1) is 13.9. The highest BCUT2D eigenvalue weighted by molar-refractivity contribution is 6.08. The number of hydrogen-bond acceptors (Lipinski definition) is 1. The van der Waals surface area contributed by atoms with Gasteiger partial charge in [-0.3, -0.25) is 0 Å². The fourth-order valence-corrected chi connectivity index (χ4v) is 4.31. The predicted molar refractivity (Wildman–Crippen MR) is 119 cm³/mol. The standard InChI is InChI=1S/C25H19N3/c1-2-10-18-19-11-4-7-15-23(19)27(22(18)14-3-1)26-28-24-16-8-5-12-20(24)21-13-6-9-17-25(21)28/h2-17,26H,1H2. The maximum absolute atomic E-state index is 3.70. The van der Waals surface area contributed by atoms with E-state index in [1.54, 1.807) is 0 Å². The summed E-state index contributed by atoms with van der Waals surface area (Å²) in [5, 5.41) is 3.76. The van der Waals surface area contributed by atoms with E-state index in [0.29, 0.717) is 0 Å². The van der Waals surface area contributed by atoms with Gasteiger partial charge in [-0.25, -0.2) is 14.9 Å². The van der Waals surface area contributed by atoms with Gasteiger partial charge in [-0.2, -0.15) is 0 Å². The Morgan fingerprint density at radius 2 is 1.11 bits per heavy atom. The van der Waals surface area contributed by atoms with Crippen molar-refractivity contribution in [2.75, 3.05) is 5.53 Å². The molecule has 2 heterocycles. The van der Waals surface area contributed by atoms with Crippen molar-refractivity contribution in [3.63, 3.8) is 0 Å². The number of fused-ring (bicyclic) bond motifs is 6. The first-order valence-electron chi connectivity index (χ1n) is 9.63. The molecule has 1 aliphatic carbocycles. The minimum Gasteiger partial charge on any atom is -0.240 e. The zero-order valence-electron chi connectivity index (χ0n) is 15.3. The largest absolute Gasteiger partial charge is 0.240 e. The fraction of sp³-hybridized carbons (Fsp3) is 0.0400. The van der Waals surface area contributed by atoms with Crippen LogP contribution in [-0.2, 0) is 0 Å². The lowest BCUT2D eigenvalue weighted by Crippen LogP contribution is -2.22. The molecule has 1 N–H and O–H groups in total. The molecule has 134 valence electrons. The molecule has 1 aliphatic rings. The monoisotopic (exact) mass is 361 g/mol. The van der Waals surface area contributed by atoms with Gasteiger partial charge < -0.3 is 0 Å². The Bertz CT molecular complexity index is 1360. The second-order valence-electron chi connectivity index (χ2n) is 7.16. The SMILES string of the molecule is C1=Cc2c(n(Nn3c4ccccc4c4ccccc43)c3ccccc23)C=CC1. The van der Waals surface area contributed by atoms with Gasteiger partial charge in [-0.05, 0) is 30.7 Å². The molecule has 0 saturated heterocycles. The molecule has 2 aromatic heterocycles. The van der Waals surface area contributed by atoms with Crippen molar-refractivity contribution in [2.45, 2.75) is 6.42 Å². The van der Waals surface area contributed by atoms with Crippen LogP contribution in [0.3, 0.4) is 0 Å². The molecule has 0 aliphatic heterocycles. The average Bonchev–Trinajstić information content (AvgIpc) is 3.09. The van der Waals surface area contributed by atoms with Gasteiger partial charge in [0.25, 0.3) is 0 Å². The Hall–Kier alpha value is -3.72. The Kier molecular flexibility index (Phi) is 3.23.